The molecule has 1 atom stereocenters. The Morgan fingerprint density at radius 2 is 2.14 bits per heavy atom. The van der Waals surface area contributed by atoms with Crippen LogP contribution in [0, 0.1) is 5.92 Å². The minimum absolute atomic E-state index is 0.0139. The summed E-state index contributed by atoms with van der Waals surface area (Å²) in [6, 6.07) is 6.03. The molecule has 114 valence electrons. The summed E-state index contributed by atoms with van der Waals surface area (Å²) >= 11 is 0. The van der Waals surface area contributed by atoms with Crippen molar-refractivity contribution in [3.63, 3.8) is 0 Å². The highest BCUT2D eigenvalue weighted by atomic mass is 16.2. The Bertz CT molecular complexity index is 669. The van der Waals surface area contributed by atoms with Gasteiger partial charge in [0.05, 0.1) is 0 Å². The van der Waals surface area contributed by atoms with Crippen molar-refractivity contribution in [1.82, 2.24) is 10.2 Å². The summed E-state index contributed by atoms with van der Waals surface area (Å²) in [6.07, 6.45) is 1.40. The van der Waals surface area contributed by atoms with Crippen molar-refractivity contribution in [2.75, 3.05) is 17.6 Å². The molecule has 1 heterocycles. The number of urea groups is 1. The number of carbonyl (C=O) groups excluding carboxylic acids is 3. The predicted octanol–water partition coefficient (Wildman–Crippen LogP) is 1.07. The minimum atomic E-state index is -1.20. The van der Waals surface area contributed by atoms with Gasteiger partial charge in [-0.1, -0.05) is 18.7 Å². The van der Waals surface area contributed by atoms with Crippen LogP contribution < -0.4 is 16.4 Å². The van der Waals surface area contributed by atoms with Crippen molar-refractivity contribution in [3.05, 3.63) is 49.2 Å². The Morgan fingerprint density at radius 3 is 2.77 bits per heavy atom. The molecule has 0 spiro atoms. The molecular formula is C15H16N4O3. The van der Waals surface area contributed by atoms with Gasteiger partial charge >= 0.3 is 6.03 Å². The third kappa shape index (κ3) is 2.98. The van der Waals surface area contributed by atoms with E-state index in [9.17, 15) is 14.4 Å². The number of barbiturate groups is 1. The zero-order valence-corrected chi connectivity index (χ0v) is 11.8. The molecular weight excluding hydrogens is 284 g/mol. The first-order valence-corrected chi connectivity index (χ1v) is 6.52. The monoisotopic (exact) mass is 300 g/mol. The number of hydrogen-bond acceptors (Lipinski definition) is 5. The highest BCUT2D eigenvalue weighted by Gasteiger charge is 2.41. The van der Waals surface area contributed by atoms with Gasteiger partial charge in [0.2, 0.25) is 11.8 Å². The van der Waals surface area contributed by atoms with Crippen LogP contribution in [0.2, 0.25) is 0 Å². The van der Waals surface area contributed by atoms with Gasteiger partial charge in [0, 0.05) is 23.6 Å². The van der Waals surface area contributed by atoms with Gasteiger partial charge in [0.1, 0.15) is 0 Å². The average molecular weight is 300 g/mol. The highest BCUT2D eigenvalue weighted by Crippen LogP contribution is 2.21. The van der Waals surface area contributed by atoms with Gasteiger partial charge in [0.25, 0.3) is 0 Å². The van der Waals surface area contributed by atoms with Crippen LogP contribution in [0.15, 0.2) is 49.2 Å². The predicted molar refractivity (Wildman–Crippen MR) is 82.6 cm³/mol. The Labute approximate surface area is 127 Å². The maximum absolute atomic E-state index is 12.3. The van der Waals surface area contributed by atoms with E-state index in [1.165, 1.54) is 6.08 Å². The van der Waals surface area contributed by atoms with Gasteiger partial charge in [-0.15, -0.1) is 6.58 Å². The van der Waals surface area contributed by atoms with E-state index in [1.807, 2.05) is 0 Å². The topological polar surface area (TPSA) is 105 Å². The summed E-state index contributed by atoms with van der Waals surface area (Å²) in [6.45, 7) is 7.22. The first kappa shape index (κ1) is 15.3. The molecule has 0 saturated carbocycles. The van der Waals surface area contributed by atoms with Gasteiger partial charge < -0.3 is 11.1 Å². The SMILES string of the molecule is C=CCN1C(=O)NC(=O)[C@@H](C(=C)Nc2cccc(N)c2)C1=O. The molecule has 7 nitrogen and oxygen atoms in total. The summed E-state index contributed by atoms with van der Waals surface area (Å²) in [4.78, 5) is 36.8. The third-order valence-electron chi connectivity index (χ3n) is 3.10. The molecule has 0 radical (unpaired) electrons. The second kappa shape index (κ2) is 6.13. The van der Waals surface area contributed by atoms with Gasteiger partial charge in [-0.25, -0.2) is 4.79 Å². The van der Waals surface area contributed by atoms with Crippen molar-refractivity contribution in [2.45, 2.75) is 0 Å². The quantitative estimate of drug-likeness (QED) is 0.429. The number of imide groups is 2. The van der Waals surface area contributed by atoms with E-state index in [0.29, 0.717) is 11.4 Å². The van der Waals surface area contributed by atoms with E-state index >= 15 is 0 Å². The molecule has 1 saturated heterocycles. The number of carbonyl (C=O) groups is 3. The number of anilines is 2. The van der Waals surface area contributed by atoms with Crippen LogP contribution in [0.1, 0.15) is 0 Å². The molecule has 2 rings (SSSR count). The highest BCUT2D eigenvalue weighted by molar-refractivity contribution is 6.18. The molecule has 1 aromatic rings. The number of amides is 4. The van der Waals surface area contributed by atoms with Crippen molar-refractivity contribution >= 4 is 29.2 Å². The zero-order valence-electron chi connectivity index (χ0n) is 11.8. The van der Waals surface area contributed by atoms with Crippen LogP contribution in [0.4, 0.5) is 16.2 Å². The van der Waals surface area contributed by atoms with Gasteiger partial charge in [-0.05, 0) is 18.2 Å². The van der Waals surface area contributed by atoms with E-state index in [1.54, 1.807) is 24.3 Å². The van der Waals surface area contributed by atoms with E-state index in [0.717, 1.165) is 4.90 Å². The summed E-state index contributed by atoms with van der Waals surface area (Å²) < 4.78 is 0. The van der Waals surface area contributed by atoms with E-state index in [-0.39, 0.29) is 12.2 Å². The van der Waals surface area contributed by atoms with Crippen LogP contribution in [0.5, 0.6) is 0 Å². The van der Waals surface area contributed by atoms with Crippen LogP contribution >= 0.6 is 0 Å². The van der Waals surface area contributed by atoms with Gasteiger partial charge in [-0.2, -0.15) is 0 Å². The molecule has 1 aromatic carbocycles. The standard InChI is InChI=1S/C15H16N4O3/c1-3-7-19-14(21)12(13(20)18-15(19)22)9(2)17-11-6-4-5-10(16)8-11/h3-6,8,12,17H,1-2,7,16H2,(H,18,20,22)/t12-/m1/s1. The molecule has 0 aliphatic carbocycles. The molecule has 22 heavy (non-hydrogen) atoms. The number of nitrogen functional groups attached to an aromatic ring is 1. The number of nitrogens with zero attached hydrogens (tertiary/aromatic N) is 1. The maximum Gasteiger partial charge on any atom is 0.331 e. The van der Waals surface area contributed by atoms with Crippen LogP contribution in [0.25, 0.3) is 0 Å². The van der Waals surface area contributed by atoms with Crippen molar-refractivity contribution in [2.24, 2.45) is 5.92 Å². The Balaban J connectivity index is 2.20. The van der Waals surface area contributed by atoms with Crippen LogP contribution in [-0.2, 0) is 9.59 Å². The Kier molecular flexibility index (Phi) is 4.26. The fourth-order valence-corrected chi connectivity index (χ4v) is 2.10. The van der Waals surface area contributed by atoms with Gasteiger partial charge in [-0.3, -0.25) is 19.8 Å². The molecule has 1 aliphatic rings. The lowest BCUT2D eigenvalue weighted by Crippen LogP contribution is -2.58. The molecule has 0 unspecified atom stereocenters. The van der Waals surface area contributed by atoms with Crippen molar-refractivity contribution < 1.29 is 14.4 Å². The van der Waals surface area contributed by atoms with Crippen molar-refractivity contribution in [3.8, 4) is 0 Å². The molecule has 0 bridgehead atoms. The number of hydrogen-bond donors (Lipinski definition) is 3. The van der Waals surface area contributed by atoms with Crippen LogP contribution in [-0.4, -0.2) is 29.3 Å². The Hall–Kier alpha value is -3.09. The lowest BCUT2D eigenvalue weighted by Gasteiger charge is -2.30. The third-order valence-corrected chi connectivity index (χ3v) is 3.10. The summed E-state index contributed by atoms with van der Waals surface area (Å²) in [7, 11) is 0. The van der Waals surface area contributed by atoms with Crippen molar-refractivity contribution in [1.29, 1.82) is 0 Å². The number of benzene rings is 1. The minimum Gasteiger partial charge on any atom is -0.399 e. The molecule has 1 aliphatic heterocycles. The van der Waals surface area contributed by atoms with E-state index < -0.39 is 23.8 Å². The van der Waals surface area contributed by atoms with Crippen LogP contribution in [0.3, 0.4) is 0 Å². The lowest BCUT2D eigenvalue weighted by atomic mass is 10.0. The maximum atomic E-state index is 12.3. The zero-order chi connectivity index (χ0) is 16.3. The van der Waals surface area contributed by atoms with E-state index in [2.05, 4.69) is 23.8 Å². The molecule has 1 fully saturated rings. The second-order valence-corrected chi connectivity index (χ2v) is 4.74. The molecule has 7 heteroatoms. The fourth-order valence-electron chi connectivity index (χ4n) is 2.10. The lowest BCUT2D eigenvalue weighted by molar-refractivity contribution is -0.140. The number of nitrogens with one attached hydrogen (secondary N) is 2. The molecule has 0 aromatic heterocycles. The summed E-state index contributed by atoms with van der Waals surface area (Å²) in [5.41, 5.74) is 6.95. The summed E-state index contributed by atoms with van der Waals surface area (Å²) in [5.74, 6) is -2.55. The van der Waals surface area contributed by atoms with Gasteiger partial charge in [0.15, 0.2) is 5.92 Å². The largest absolute Gasteiger partial charge is 0.399 e. The molecule has 4 amide bonds. The average Bonchev–Trinajstić information content (AvgIpc) is 2.43. The fraction of sp³-hybridized carbons (Fsp3) is 0.133. The van der Waals surface area contributed by atoms with E-state index in [4.69, 9.17) is 5.73 Å². The first-order valence-electron chi connectivity index (χ1n) is 6.52. The smallest absolute Gasteiger partial charge is 0.331 e. The number of rotatable bonds is 5. The molecule has 4 N–H and O–H groups in total. The normalized spacial score (nSPS) is 17.9. The number of nitrogens with two attached hydrogens (primary N) is 1. The first-order chi connectivity index (χ1) is 10.4. The summed E-state index contributed by atoms with van der Waals surface area (Å²) in [5, 5.41) is 5.00. The Morgan fingerprint density at radius 1 is 1.41 bits per heavy atom. The second-order valence-electron chi connectivity index (χ2n) is 4.74.